The summed E-state index contributed by atoms with van der Waals surface area (Å²) in [5, 5.41) is 2.82. The third-order valence-electron chi connectivity index (χ3n) is 2.42. The molecule has 3 heteroatoms. The van der Waals surface area contributed by atoms with Crippen molar-refractivity contribution in [3.63, 3.8) is 0 Å². The molecule has 0 radical (unpaired) electrons. The first kappa shape index (κ1) is 9.77. The van der Waals surface area contributed by atoms with Crippen LogP contribution in [0.1, 0.15) is 18.9 Å². The van der Waals surface area contributed by atoms with Crippen molar-refractivity contribution in [2.75, 3.05) is 12.4 Å². The summed E-state index contributed by atoms with van der Waals surface area (Å²) in [7, 11) is 1.61. The van der Waals surface area contributed by atoms with E-state index in [0.29, 0.717) is 5.57 Å². The van der Waals surface area contributed by atoms with Gasteiger partial charge in [0.1, 0.15) is 5.75 Å². The van der Waals surface area contributed by atoms with Crippen molar-refractivity contribution in [1.82, 2.24) is 0 Å². The number of carbonyl (C=O) groups excluding carboxylic acids is 1. The van der Waals surface area contributed by atoms with Crippen LogP contribution in [0.25, 0.3) is 5.57 Å². The average Bonchev–Trinajstić information content (AvgIpc) is 2.56. The number of rotatable bonds is 2. The maximum Gasteiger partial charge on any atom is 0.256 e. The lowest BCUT2D eigenvalue weighted by atomic mass is 10.1. The smallest absolute Gasteiger partial charge is 0.256 e. The van der Waals surface area contributed by atoms with Gasteiger partial charge in [-0.25, -0.2) is 0 Å². The van der Waals surface area contributed by atoms with Crippen LogP contribution in [0, 0.1) is 0 Å². The van der Waals surface area contributed by atoms with Gasteiger partial charge in [0.25, 0.3) is 5.91 Å². The maximum absolute atomic E-state index is 11.7. The van der Waals surface area contributed by atoms with Crippen LogP contribution in [-0.4, -0.2) is 13.0 Å². The van der Waals surface area contributed by atoms with Crippen molar-refractivity contribution in [3.8, 4) is 5.75 Å². The highest BCUT2D eigenvalue weighted by Gasteiger charge is 2.26. The number of amides is 1. The number of benzene rings is 1. The molecule has 1 aliphatic rings. The zero-order valence-electron chi connectivity index (χ0n) is 8.83. The summed E-state index contributed by atoms with van der Waals surface area (Å²) in [6.45, 7) is 2.01. The number of allylic oxidation sites excluding steroid dienone is 1. The molecule has 0 aromatic heterocycles. The number of carbonyl (C=O) groups is 1. The molecule has 0 saturated carbocycles. The van der Waals surface area contributed by atoms with E-state index in [-0.39, 0.29) is 5.91 Å². The molecule has 1 N–H and O–H groups in total. The lowest BCUT2D eigenvalue weighted by molar-refractivity contribution is -0.110. The molecule has 0 saturated heterocycles. The number of hydrogen-bond acceptors (Lipinski definition) is 2. The van der Waals surface area contributed by atoms with Crippen LogP contribution < -0.4 is 10.1 Å². The first-order valence-electron chi connectivity index (χ1n) is 4.96. The van der Waals surface area contributed by atoms with E-state index >= 15 is 0 Å². The predicted molar refractivity (Wildman–Crippen MR) is 59.9 cm³/mol. The van der Waals surface area contributed by atoms with Crippen LogP contribution in [0.2, 0.25) is 0 Å². The molecule has 0 aliphatic carbocycles. The van der Waals surface area contributed by atoms with Crippen molar-refractivity contribution < 1.29 is 9.53 Å². The van der Waals surface area contributed by atoms with Crippen LogP contribution in [0.5, 0.6) is 5.75 Å². The van der Waals surface area contributed by atoms with E-state index in [0.717, 1.165) is 23.4 Å². The number of fused-ring (bicyclic) bond motifs is 1. The number of anilines is 1. The zero-order chi connectivity index (χ0) is 10.8. The average molecular weight is 203 g/mol. The van der Waals surface area contributed by atoms with Gasteiger partial charge in [-0.15, -0.1) is 0 Å². The van der Waals surface area contributed by atoms with Gasteiger partial charge < -0.3 is 10.1 Å². The van der Waals surface area contributed by atoms with Gasteiger partial charge in [-0.05, 0) is 18.6 Å². The quantitative estimate of drug-likeness (QED) is 0.750. The molecular weight excluding hydrogens is 190 g/mol. The summed E-state index contributed by atoms with van der Waals surface area (Å²) in [5.41, 5.74) is 2.43. The van der Waals surface area contributed by atoms with Gasteiger partial charge in [0.15, 0.2) is 0 Å². The Balaban J connectivity index is 2.60. The Labute approximate surface area is 88.8 Å². The summed E-state index contributed by atoms with van der Waals surface area (Å²) in [5.74, 6) is 0.696. The summed E-state index contributed by atoms with van der Waals surface area (Å²) in [6, 6.07) is 5.61. The van der Waals surface area contributed by atoms with E-state index in [1.165, 1.54) is 0 Å². The highest BCUT2D eigenvalue weighted by molar-refractivity contribution is 6.32. The van der Waals surface area contributed by atoms with Gasteiger partial charge in [0.2, 0.25) is 0 Å². The van der Waals surface area contributed by atoms with E-state index in [2.05, 4.69) is 5.32 Å². The predicted octanol–water partition coefficient (Wildman–Crippen LogP) is 2.44. The molecule has 0 fully saturated rings. The summed E-state index contributed by atoms with van der Waals surface area (Å²) in [4.78, 5) is 11.7. The fourth-order valence-electron chi connectivity index (χ4n) is 1.79. The van der Waals surface area contributed by atoms with Gasteiger partial charge in [-0.3, -0.25) is 4.79 Å². The first-order valence-corrected chi connectivity index (χ1v) is 4.96. The zero-order valence-corrected chi connectivity index (χ0v) is 8.83. The van der Waals surface area contributed by atoms with Crippen LogP contribution in [0.4, 0.5) is 5.69 Å². The molecule has 1 aromatic carbocycles. The molecule has 1 amide bonds. The normalized spacial score (nSPS) is 16.4. The molecular formula is C12H13NO2. The van der Waals surface area contributed by atoms with Crippen molar-refractivity contribution in [3.05, 3.63) is 29.8 Å². The van der Waals surface area contributed by atoms with Crippen molar-refractivity contribution in [1.29, 1.82) is 0 Å². The molecule has 78 valence electrons. The topological polar surface area (TPSA) is 38.3 Å². The second-order valence-corrected chi connectivity index (χ2v) is 3.36. The number of nitrogens with one attached hydrogen (secondary N) is 1. The van der Waals surface area contributed by atoms with Gasteiger partial charge in [-0.1, -0.05) is 19.1 Å². The Morgan fingerprint density at radius 3 is 2.93 bits per heavy atom. The van der Waals surface area contributed by atoms with Crippen molar-refractivity contribution >= 4 is 17.2 Å². The first-order chi connectivity index (χ1) is 7.27. The molecule has 3 nitrogen and oxygen atoms in total. The van der Waals surface area contributed by atoms with Gasteiger partial charge in [0.05, 0.1) is 18.4 Å². The van der Waals surface area contributed by atoms with Crippen LogP contribution in [0.3, 0.4) is 0 Å². The molecule has 1 heterocycles. The Morgan fingerprint density at radius 2 is 2.27 bits per heavy atom. The molecule has 1 aliphatic heterocycles. The SMILES string of the molecule is CCC=C1C(=O)Nc2cccc(OC)c21. The maximum atomic E-state index is 11.7. The van der Waals surface area contributed by atoms with E-state index in [1.54, 1.807) is 7.11 Å². The number of hydrogen-bond donors (Lipinski definition) is 1. The standard InChI is InChI=1S/C12H13NO2/c1-3-5-8-11-9(13-12(8)14)6-4-7-10(11)15-2/h4-7H,3H2,1-2H3,(H,13,14). The molecule has 1 aromatic rings. The largest absolute Gasteiger partial charge is 0.496 e. The molecule has 15 heavy (non-hydrogen) atoms. The van der Waals surface area contributed by atoms with Crippen LogP contribution in [0.15, 0.2) is 24.3 Å². The highest BCUT2D eigenvalue weighted by atomic mass is 16.5. The fourth-order valence-corrected chi connectivity index (χ4v) is 1.79. The third kappa shape index (κ3) is 1.50. The van der Waals surface area contributed by atoms with E-state index in [4.69, 9.17) is 4.74 Å². The van der Waals surface area contributed by atoms with E-state index in [9.17, 15) is 4.79 Å². The second-order valence-electron chi connectivity index (χ2n) is 3.36. The monoisotopic (exact) mass is 203 g/mol. The minimum Gasteiger partial charge on any atom is -0.496 e. The Morgan fingerprint density at radius 1 is 1.47 bits per heavy atom. The van der Waals surface area contributed by atoms with Gasteiger partial charge in [0, 0.05) is 5.57 Å². The highest BCUT2D eigenvalue weighted by Crippen LogP contribution is 2.38. The van der Waals surface area contributed by atoms with Gasteiger partial charge in [-0.2, -0.15) is 0 Å². The molecule has 0 unspecified atom stereocenters. The van der Waals surface area contributed by atoms with Crippen LogP contribution in [-0.2, 0) is 4.79 Å². The van der Waals surface area contributed by atoms with E-state index in [1.807, 2.05) is 31.2 Å². The lowest BCUT2D eigenvalue weighted by Crippen LogP contribution is -2.03. The Bertz CT molecular complexity index is 435. The Kier molecular flexibility index (Phi) is 2.46. The third-order valence-corrected chi connectivity index (χ3v) is 2.42. The molecule has 0 bridgehead atoms. The lowest BCUT2D eigenvalue weighted by Gasteiger charge is -2.05. The van der Waals surface area contributed by atoms with Gasteiger partial charge >= 0.3 is 0 Å². The molecule has 0 spiro atoms. The Hall–Kier alpha value is -1.77. The summed E-state index contributed by atoms with van der Waals surface area (Å²) < 4.78 is 5.25. The summed E-state index contributed by atoms with van der Waals surface area (Å²) >= 11 is 0. The summed E-state index contributed by atoms with van der Waals surface area (Å²) in [6.07, 6.45) is 2.75. The van der Waals surface area contributed by atoms with Crippen molar-refractivity contribution in [2.24, 2.45) is 0 Å². The second kappa shape index (κ2) is 3.77. The minimum atomic E-state index is -0.0450. The number of methoxy groups -OCH3 is 1. The van der Waals surface area contributed by atoms with Crippen molar-refractivity contribution in [2.45, 2.75) is 13.3 Å². The van der Waals surface area contributed by atoms with Crippen LogP contribution >= 0.6 is 0 Å². The molecule has 0 atom stereocenters. The fraction of sp³-hybridized carbons (Fsp3) is 0.250. The minimum absolute atomic E-state index is 0.0450. The van der Waals surface area contributed by atoms with E-state index < -0.39 is 0 Å². The molecule has 2 rings (SSSR count). The number of ether oxygens (including phenoxy) is 1.